The fraction of sp³-hybridized carbons (Fsp3) is 0.391. The molecule has 0 fully saturated rings. The second-order valence-electron chi connectivity index (χ2n) is 8.51. The molecule has 6 heteroatoms. The molecule has 1 heterocycles. The minimum Gasteiger partial charge on any atom is -0.497 e. The quantitative estimate of drug-likeness (QED) is 0.827. The minimum atomic E-state index is -0.717. The van der Waals surface area contributed by atoms with Crippen LogP contribution in [0.4, 0.5) is 4.39 Å². The van der Waals surface area contributed by atoms with Gasteiger partial charge >= 0.3 is 0 Å². The van der Waals surface area contributed by atoms with E-state index in [0.717, 1.165) is 5.56 Å². The summed E-state index contributed by atoms with van der Waals surface area (Å²) in [6.45, 7) is 8.01. The number of amides is 2. The summed E-state index contributed by atoms with van der Waals surface area (Å²) in [5.41, 5.74) is 1.63. The summed E-state index contributed by atoms with van der Waals surface area (Å²) in [5.74, 6) is -0.232. The van der Waals surface area contributed by atoms with Gasteiger partial charge in [0.15, 0.2) is 0 Å². The average molecular weight is 398 g/mol. The lowest BCUT2D eigenvalue weighted by molar-refractivity contribution is -0.127. The Bertz CT molecular complexity index is 919. The van der Waals surface area contributed by atoms with E-state index in [1.165, 1.54) is 12.1 Å². The summed E-state index contributed by atoms with van der Waals surface area (Å²) in [4.78, 5) is 27.9. The van der Waals surface area contributed by atoms with Crippen molar-refractivity contribution in [3.8, 4) is 5.75 Å². The molecular formula is C23H27FN2O3. The van der Waals surface area contributed by atoms with E-state index in [-0.39, 0.29) is 23.5 Å². The molecule has 1 aliphatic rings. The summed E-state index contributed by atoms with van der Waals surface area (Å²) >= 11 is 0. The van der Waals surface area contributed by atoms with E-state index in [2.05, 4.69) is 5.32 Å². The number of carbonyl (C=O) groups excluding carboxylic acids is 2. The van der Waals surface area contributed by atoms with E-state index < -0.39 is 11.6 Å². The molecule has 0 radical (unpaired) electrons. The van der Waals surface area contributed by atoms with Crippen molar-refractivity contribution in [1.82, 2.24) is 10.2 Å². The number of rotatable bonds is 5. The van der Waals surface area contributed by atoms with Crippen LogP contribution in [0, 0.1) is 5.82 Å². The maximum atomic E-state index is 13.3. The van der Waals surface area contributed by atoms with Gasteiger partial charge in [-0.05, 0) is 62.1 Å². The van der Waals surface area contributed by atoms with Crippen LogP contribution in [0.3, 0.4) is 0 Å². The molecule has 1 aliphatic heterocycles. The molecule has 0 saturated carbocycles. The van der Waals surface area contributed by atoms with Gasteiger partial charge in [-0.2, -0.15) is 0 Å². The molecule has 5 nitrogen and oxygen atoms in total. The molecule has 0 spiro atoms. The number of carbonyl (C=O) groups is 2. The van der Waals surface area contributed by atoms with Gasteiger partial charge in [-0.25, -0.2) is 4.39 Å². The number of halogens is 1. The van der Waals surface area contributed by atoms with Crippen LogP contribution in [0.2, 0.25) is 0 Å². The maximum absolute atomic E-state index is 13.3. The standard InChI is InChI=1S/C23H27FN2O3/c1-14(15-6-8-16(24)9-7-15)13-26-20(21(27)25-23(2,3)4)18-11-10-17(29-5)12-19(18)22(26)28/h6-12,14,20H,13H2,1-5H3,(H,25,27). The Morgan fingerprint density at radius 1 is 1.21 bits per heavy atom. The molecule has 0 aliphatic carbocycles. The molecule has 2 aromatic rings. The molecular weight excluding hydrogens is 371 g/mol. The number of hydrogen-bond acceptors (Lipinski definition) is 3. The largest absolute Gasteiger partial charge is 0.497 e. The van der Waals surface area contributed by atoms with E-state index in [9.17, 15) is 14.0 Å². The summed E-state index contributed by atoms with van der Waals surface area (Å²) in [6, 6.07) is 10.7. The lowest BCUT2D eigenvalue weighted by atomic mass is 9.99. The Balaban J connectivity index is 1.95. The van der Waals surface area contributed by atoms with Crippen molar-refractivity contribution in [2.24, 2.45) is 0 Å². The molecule has 1 N–H and O–H groups in total. The van der Waals surface area contributed by atoms with Crippen LogP contribution in [0.25, 0.3) is 0 Å². The third kappa shape index (κ3) is 4.42. The summed E-state index contributed by atoms with van der Waals surface area (Å²) in [5, 5.41) is 2.99. The molecule has 0 aromatic heterocycles. The van der Waals surface area contributed by atoms with E-state index in [0.29, 0.717) is 23.4 Å². The first-order valence-corrected chi connectivity index (χ1v) is 9.67. The molecule has 154 valence electrons. The van der Waals surface area contributed by atoms with Crippen LogP contribution in [0.1, 0.15) is 61.1 Å². The highest BCUT2D eigenvalue weighted by Gasteiger charge is 2.42. The molecule has 2 amide bonds. The average Bonchev–Trinajstić information content (AvgIpc) is 2.92. The van der Waals surface area contributed by atoms with Crippen molar-refractivity contribution >= 4 is 11.8 Å². The minimum absolute atomic E-state index is 0.0688. The zero-order chi connectivity index (χ0) is 21.3. The fourth-order valence-electron chi connectivity index (χ4n) is 3.63. The van der Waals surface area contributed by atoms with E-state index in [1.54, 1.807) is 42.3 Å². The van der Waals surface area contributed by atoms with Crippen LogP contribution in [0.5, 0.6) is 5.75 Å². The number of methoxy groups -OCH3 is 1. The topological polar surface area (TPSA) is 58.6 Å². The molecule has 3 rings (SSSR count). The highest BCUT2D eigenvalue weighted by molar-refractivity contribution is 6.05. The Hall–Kier alpha value is -2.89. The monoisotopic (exact) mass is 398 g/mol. The third-order valence-electron chi connectivity index (χ3n) is 5.01. The van der Waals surface area contributed by atoms with E-state index in [1.807, 2.05) is 27.7 Å². The first-order valence-electron chi connectivity index (χ1n) is 9.67. The van der Waals surface area contributed by atoms with E-state index >= 15 is 0 Å². The first-order chi connectivity index (χ1) is 13.6. The van der Waals surface area contributed by atoms with Gasteiger partial charge in [0.1, 0.15) is 17.6 Å². The first kappa shape index (κ1) is 20.8. The van der Waals surface area contributed by atoms with Crippen molar-refractivity contribution in [2.45, 2.75) is 45.2 Å². The molecule has 2 atom stereocenters. The highest BCUT2D eigenvalue weighted by atomic mass is 19.1. The number of nitrogens with one attached hydrogen (secondary N) is 1. The summed E-state index contributed by atoms with van der Waals surface area (Å²) < 4.78 is 18.5. The van der Waals surface area contributed by atoms with Crippen LogP contribution < -0.4 is 10.1 Å². The molecule has 2 unspecified atom stereocenters. The highest BCUT2D eigenvalue weighted by Crippen LogP contribution is 2.37. The van der Waals surface area contributed by atoms with Crippen molar-refractivity contribution in [2.75, 3.05) is 13.7 Å². The lowest BCUT2D eigenvalue weighted by Crippen LogP contribution is -2.47. The van der Waals surface area contributed by atoms with E-state index in [4.69, 9.17) is 4.74 Å². The number of benzene rings is 2. The zero-order valence-corrected chi connectivity index (χ0v) is 17.5. The van der Waals surface area contributed by atoms with Gasteiger partial charge in [-0.3, -0.25) is 9.59 Å². The Labute approximate surface area is 170 Å². The summed E-state index contributed by atoms with van der Waals surface area (Å²) in [6.07, 6.45) is 0. The summed E-state index contributed by atoms with van der Waals surface area (Å²) in [7, 11) is 1.54. The SMILES string of the molecule is COc1ccc2c(c1)C(=O)N(CC(C)c1ccc(F)cc1)C2C(=O)NC(C)(C)C. The fourth-order valence-corrected chi connectivity index (χ4v) is 3.63. The molecule has 2 aromatic carbocycles. The second-order valence-corrected chi connectivity index (χ2v) is 8.51. The van der Waals surface area contributed by atoms with Gasteiger partial charge in [-0.15, -0.1) is 0 Å². The van der Waals surface area contributed by atoms with Crippen LogP contribution in [-0.4, -0.2) is 35.9 Å². The predicted octanol–water partition coefficient (Wildman–Crippen LogP) is 4.05. The third-order valence-corrected chi connectivity index (χ3v) is 5.01. The maximum Gasteiger partial charge on any atom is 0.255 e. The van der Waals surface area contributed by atoms with Gasteiger partial charge in [0.05, 0.1) is 7.11 Å². The van der Waals surface area contributed by atoms with Crippen molar-refractivity contribution < 1.29 is 18.7 Å². The Morgan fingerprint density at radius 3 is 2.45 bits per heavy atom. The Kier molecular flexibility index (Phi) is 5.64. The van der Waals surface area contributed by atoms with Gasteiger partial charge in [0.25, 0.3) is 5.91 Å². The van der Waals surface area contributed by atoms with Crippen molar-refractivity contribution in [1.29, 1.82) is 0 Å². The number of nitrogens with zero attached hydrogens (tertiary/aromatic N) is 1. The smallest absolute Gasteiger partial charge is 0.255 e. The van der Waals surface area contributed by atoms with Gasteiger partial charge in [-0.1, -0.05) is 25.1 Å². The van der Waals surface area contributed by atoms with Crippen LogP contribution in [0.15, 0.2) is 42.5 Å². The predicted molar refractivity (Wildman–Crippen MR) is 109 cm³/mol. The lowest BCUT2D eigenvalue weighted by Gasteiger charge is -2.30. The second kappa shape index (κ2) is 7.85. The van der Waals surface area contributed by atoms with Crippen molar-refractivity contribution in [3.05, 3.63) is 65.0 Å². The number of hydrogen-bond donors (Lipinski definition) is 1. The van der Waals surface area contributed by atoms with Gasteiger partial charge in [0.2, 0.25) is 5.91 Å². The van der Waals surface area contributed by atoms with Crippen LogP contribution >= 0.6 is 0 Å². The molecule has 0 bridgehead atoms. The normalized spacial score (nSPS) is 17.1. The number of ether oxygens (including phenoxy) is 1. The van der Waals surface area contributed by atoms with Crippen molar-refractivity contribution in [3.63, 3.8) is 0 Å². The molecule has 0 saturated heterocycles. The van der Waals surface area contributed by atoms with Gasteiger partial charge in [0, 0.05) is 17.6 Å². The molecule has 29 heavy (non-hydrogen) atoms. The number of fused-ring (bicyclic) bond motifs is 1. The Morgan fingerprint density at radius 2 is 1.86 bits per heavy atom. The zero-order valence-electron chi connectivity index (χ0n) is 17.5. The van der Waals surface area contributed by atoms with Gasteiger partial charge < -0.3 is 15.0 Å². The van der Waals surface area contributed by atoms with Crippen LogP contribution in [-0.2, 0) is 4.79 Å².